The molecule has 3 aromatic rings. The summed E-state index contributed by atoms with van der Waals surface area (Å²) >= 11 is 6.27. The maximum Gasteiger partial charge on any atom is 0.246 e. The van der Waals surface area contributed by atoms with Crippen LogP contribution in [0.5, 0.6) is 0 Å². The Morgan fingerprint density at radius 1 is 1.31 bits per heavy atom. The number of aromatic amines is 1. The first-order valence-corrected chi connectivity index (χ1v) is 11.1. The van der Waals surface area contributed by atoms with Gasteiger partial charge in [0.05, 0.1) is 23.7 Å². The van der Waals surface area contributed by atoms with Crippen LogP contribution in [-0.4, -0.2) is 47.4 Å². The fourth-order valence-corrected chi connectivity index (χ4v) is 5.63. The number of benzene rings is 2. The van der Waals surface area contributed by atoms with Gasteiger partial charge in [0.2, 0.25) is 11.8 Å². The van der Waals surface area contributed by atoms with E-state index in [1.165, 1.54) is 12.1 Å². The highest BCUT2D eigenvalue weighted by Gasteiger charge is 2.41. The molecule has 8 heteroatoms. The van der Waals surface area contributed by atoms with E-state index >= 15 is 4.39 Å². The maximum absolute atomic E-state index is 15.7. The number of H-pyrrole nitrogens is 1. The number of nitrogens with two attached hydrogens (primary N) is 1. The largest absolute Gasteiger partial charge is 0.369 e. The maximum atomic E-state index is 15.7. The van der Waals surface area contributed by atoms with Crippen molar-refractivity contribution in [3.8, 4) is 0 Å². The van der Waals surface area contributed by atoms with E-state index in [0.29, 0.717) is 46.8 Å². The number of likely N-dealkylation sites (tertiary alicyclic amines) is 1. The first kappa shape index (κ1) is 20.8. The number of nitrogens with zero attached hydrogens (tertiary/aromatic N) is 2. The molecule has 2 aliphatic rings. The van der Waals surface area contributed by atoms with Crippen LogP contribution in [0.25, 0.3) is 21.8 Å². The molecule has 2 saturated heterocycles. The van der Waals surface area contributed by atoms with Crippen LogP contribution >= 0.6 is 11.6 Å². The van der Waals surface area contributed by atoms with Gasteiger partial charge in [0.15, 0.2) is 0 Å². The molecule has 3 N–H and O–H groups in total. The minimum Gasteiger partial charge on any atom is -0.369 e. The summed E-state index contributed by atoms with van der Waals surface area (Å²) in [6, 6.07) is 6.84. The number of piperidine rings is 1. The molecule has 5 rings (SSSR count). The second kappa shape index (κ2) is 7.81. The molecular formula is C24H24ClFN4O2. The molecule has 2 atom stereocenters. The number of halogens is 2. The lowest BCUT2D eigenvalue weighted by atomic mass is 9.92. The summed E-state index contributed by atoms with van der Waals surface area (Å²) in [6.07, 6.45) is 3.20. The number of hydrogen-bond acceptors (Lipinski definition) is 3. The molecule has 0 radical (unpaired) electrons. The number of rotatable bonds is 4. The summed E-state index contributed by atoms with van der Waals surface area (Å²) in [5.74, 6) is -0.750. The first-order chi connectivity index (χ1) is 15.4. The number of nitrogens with one attached hydrogen (secondary N) is 1. The molecule has 0 aliphatic carbocycles. The standard InChI is InChI=1S/C24H24ClFN4O2/c1-2-21(32)30-7-3-4-13-11-29(12-19(13)30)24-17(26)8-14(9-20(27)31)23-22(24)16-10-15(25)5-6-18(16)28-23/h2,5-6,8,10,13,19,28H,1,3-4,7,9,11-12H2,(H2,27,31). The number of hydrogen-bond donors (Lipinski definition) is 2. The molecule has 6 nitrogen and oxygen atoms in total. The zero-order valence-corrected chi connectivity index (χ0v) is 18.3. The third-order valence-corrected chi connectivity index (χ3v) is 7.00. The van der Waals surface area contributed by atoms with Crippen LogP contribution in [0, 0.1) is 11.7 Å². The smallest absolute Gasteiger partial charge is 0.246 e. The number of amides is 2. The van der Waals surface area contributed by atoms with E-state index in [9.17, 15) is 9.59 Å². The fourth-order valence-electron chi connectivity index (χ4n) is 5.45. The Hall–Kier alpha value is -3.06. The molecule has 3 heterocycles. The van der Waals surface area contributed by atoms with Crippen molar-refractivity contribution in [3.63, 3.8) is 0 Å². The van der Waals surface area contributed by atoms with Crippen LogP contribution in [0.4, 0.5) is 10.1 Å². The van der Waals surface area contributed by atoms with Gasteiger partial charge in [0.25, 0.3) is 0 Å². The van der Waals surface area contributed by atoms with Crippen LogP contribution < -0.4 is 10.6 Å². The molecule has 1 aromatic heterocycles. The van der Waals surface area contributed by atoms with Gasteiger partial charge in [-0.2, -0.15) is 0 Å². The van der Waals surface area contributed by atoms with Crippen molar-refractivity contribution in [2.75, 3.05) is 24.5 Å². The third kappa shape index (κ3) is 3.32. The van der Waals surface area contributed by atoms with E-state index in [1.807, 2.05) is 21.9 Å². The lowest BCUT2D eigenvalue weighted by molar-refractivity contribution is -0.130. The summed E-state index contributed by atoms with van der Waals surface area (Å²) in [7, 11) is 0. The second-order valence-corrected chi connectivity index (χ2v) is 9.12. The molecule has 166 valence electrons. The van der Waals surface area contributed by atoms with Gasteiger partial charge in [-0.05, 0) is 54.7 Å². The van der Waals surface area contributed by atoms with Crippen molar-refractivity contribution in [1.29, 1.82) is 0 Å². The molecule has 0 bridgehead atoms. The number of anilines is 1. The van der Waals surface area contributed by atoms with Crippen molar-refractivity contribution >= 4 is 50.9 Å². The molecule has 32 heavy (non-hydrogen) atoms. The van der Waals surface area contributed by atoms with Gasteiger partial charge in [0, 0.05) is 40.9 Å². The van der Waals surface area contributed by atoms with Crippen molar-refractivity contribution in [2.45, 2.75) is 25.3 Å². The Kier molecular flexibility index (Phi) is 5.08. The normalized spacial score (nSPS) is 20.7. The fraction of sp³-hybridized carbons (Fsp3) is 0.333. The van der Waals surface area contributed by atoms with Gasteiger partial charge in [-0.15, -0.1) is 0 Å². The van der Waals surface area contributed by atoms with Gasteiger partial charge < -0.3 is 20.5 Å². The van der Waals surface area contributed by atoms with Crippen LogP contribution in [-0.2, 0) is 16.0 Å². The summed E-state index contributed by atoms with van der Waals surface area (Å²) in [5.41, 5.74) is 7.91. The Labute approximate surface area is 189 Å². The summed E-state index contributed by atoms with van der Waals surface area (Å²) in [5, 5.41) is 2.03. The zero-order chi connectivity index (χ0) is 22.6. The Balaban J connectivity index is 1.67. The summed E-state index contributed by atoms with van der Waals surface area (Å²) in [6.45, 7) is 5.52. The van der Waals surface area contributed by atoms with E-state index in [2.05, 4.69) is 11.6 Å². The highest BCUT2D eigenvalue weighted by atomic mass is 35.5. The van der Waals surface area contributed by atoms with Gasteiger partial charge in [-0.3, -0.25) is 9.59 Å². The van der Waals surface area contributed by atoms with Crippen LogP contribution in [0.15, 0.2) is 36.9 Å². The van der Waals surface area contributed by atoms with E-state index < -0.39 is 11.7 Å². The minimum absolute atomic E-state index is 0.0165. The molecule has 2 aromatic carbocycles. The predicted molar refractivity (Wildman–Crippen MR) is 124 cm³/mol. The minimum atomic E-state index is -0.527. The average molecular weight is 455 g/mol. The average Bonchev–Trinajstić information content (AvgIpc) is 3.34. The van der Waals surface area contributed by atoms with Crippen LogP contribution in [0.2, 0.25) is 5.02 Å². The second-order valence-electron chi connectivity index (χ2n) is 8.68. The molecule has 0 spiro atoms. The van der Waals surface area contributed by atoms with Gasteiger partial charge in [0.1, 0.15) is 5.82 Å². The summed E-state index contributed by atoms with van der Waals surface area (Å²) in [4.78, 5) is 31.3. The van der Waals surface area contributed by atoms with Gasteiger partial charge >= 0.3 is 0 Å². The zero-order valence-electron chi connectivity index (χ0n) is 17.5. The van der Waals surface area contributed by atoms with Crippen molar-refractivity contribution in [2.24, 2.45) is 11.7 Å². The van der Waals surface area contributed by atoms with E-state index in [0.717, 1.165) is 23.7 Å². The molecule has 2 amide bonds. The molecule has 2 fully saturated rings. The van der Waals surface area contributed by atoms with Gasteiger partial charge in [-0.25, -0.2) is 4.39 Å². The van der Waals surface area contributed by atoms with Gasteiger partial charge in [-0.1, -0.05) is 18.2 Å². The lowest BCUT2D eigenvalue weighted by Crippen LogP contribution is -2.47. The molecular weight excluding hydrogens is 431 g/mol. The quantitative estimate of drug-likeness (QED) is 0.589. The van der Waals surface area contributed by atoms with Crippen molar-refractivity contribution < 1.29 is 14.0 Å². The van der Waals surface area contributed by atoms with E-state index in [-0.39, 0.29) is 24.3 Å². The van der Waals surface area contributed by atoms with Crippen LogP contribution in [0.3, 0.4) is 0 Å². The highest BCUT2D eigenvalue weighted by molar-refractivity contribution is 6.32. The van der Waals surface area contributed by atoms with Crippen LogP contribution in [0.1, 0.15) is 18.4 Å². The Morgan fingerprint density at radius 3 is 2.88 bits per heavy atom. The van der Waals surface area contributed by atoms with E-state index in [4.69, 9.17) is 17.3 Å². The Bertz CT molecular complexity index is 1270. The number of aromatic nitrogens is 1. The molecule has 2 aliphatic heterocycles. The predicted octanol–water partition coefficient (Wildman–Crippen LogP) is 3.75. The van der Waals surface area contributed by atoms with E-state index in [1.54, 1.807) is 6.07 Å². The lowest BCUT2D eigenvalue weighted by Gasteiger charge is -2.36. The number of primary amides is 1. The summed E-state index contributed by atoms with van der Waals surface area (Å²) < 4.78 is 15.7. The third-order valence-electron chi connectivity index (χ3n) is 6.77. The SMILES string of the molecule is C=CC(=O)N1CCCC2CN(c3c(F)cc(CC(N)=O)c4[nH]c5ccc(Cl)cc5c34)CC21. The Morgan fingerprint density at radius 2 is 2.12 bits per heavy atom. The molecule has 0 saturated carbocycles. The molecule has 2 unspecified atom stereocenters. The topological polar surface area (TPSA) is 82.4 Å². The monoisotopic (exact) mass is 454 g/mol. The van der Waals surface area contributed by atoms with Crippen molar-refractivity contribution in [1.82, 2.24) is 9.88 Å². The van der Waals surface area contributed by atoms with Crippen molar-refractivity contribution in [3.05, 3.63) is 53.3 Å². The number of fused-ring (bicyclic) bond motifs is 4. The number of carbonyl (C=O) groups is 2. The first-order valence-electron chi connectivity index (χ1n) is 10.8. The number of carbonyl (C=O) groups excluding carboxylic acids is 2. The highest BCUT2D eigenvalue weighted by Crippen LogP contribution is 2.42.